The molecule has 0 amide bonds. The molecule has 0 aromatic carbocycles. The third kappa shape index (κ3) is 1.23. The van der Waals surface area contributed by atoms with Gasteiger partial charge in [0.15, 0.2) is 11.5 Å². The van der Waals surface area contributed by atoms with Gasteiger partial charge >= 0.3 is 0 Å². The summed E-state index contributed by atoms with van der Waals surface area (Å²) in [4.78, 5) is 0. The molecule has 10 heavy (non-hydrogen) atoms. The number of hydrogen-bond donors (Lipinski definition) is 0. The molecular weight excluding hydrogens is 132 g/mol. The van der Waals surface area contributed by atoms with Crippen molar-refractivity contribution in [3.8, 4) is 0 Å². The number of ether oxygens (including phenoxy) is 3. The van der Waals surface area contributed by atoms with E-state index in [9.17, 15) is 0 Å². The maximum Gasteiger partial charge on any atom is 0.196 e. The van der Waals surface area contributed by atoms with Gasteiger partial charge < -0.3 is 14.2 Å². The normalized spacial score (nSPS) is 16.6. The molecule has 3 nitrogen and oxygen atoms in total. The molecule has 0 N–H and O–H groups in total. The van der Waals surface area contributed by atoms with Crippen molar-refractivity contribution < 1.29 is 14.2 Å². The molecule has 0 bridgehead atoms. The summed E-state index contributed by atoms with van der Waals surface area (Å²) in [7, 11) is 3.13. The maximum atomic E-state index is 4.93. The summed E-state index contributed by atoms with van der Waals surface area (Å²) in [5, 5.41) is 0. The topological polar surface area (TPSA) is 27.7 Å². The van der Waals surface area contributed by atoms with Crippen molar-refractivity contribution in [3.05, 3.63) is 23.9 Å². The quantitative estimate of drug-likeness (QED) is 0.570. The second-order valence-corrected chi connectivity index (χ2v) is 1.71. The Hall–Kier alpha value is -1.12. The highest BCUT2D eigenvalue weighted by atomic mass is 16.5. The number of rotatable bonds is 2. The molecule has 1 rings (SSSR count). The largest absolute Gasteiger partial charge is 0.492 e. The van der Waals surface area contributed by atoms with Gasteiger partial charge in [0.05, 0.1) is 14.2 Å². The molecule has 1 radical (unpaired) electrons. The summed E-state index contributed by atoms with van der Waals surface area (Å²) in [6.45, 7) is 0.427. The molecule has 3 heteroatoms. The van der Waals surface area contributed by atoms with Gasteiger partial charge in [0.1, 0.15) is 12.9 Å². The van der Waals surface area contributed by atoms with Gasteiger partial charge in [0.25, 0.3) is 0 Å². The van der Waals surface area contributed by atoms with Gasteiger partial charge in [-0.3, -0.25) is 0 Å². The minimum atomic E-state index is 0.427. The molecule has 1 aliphatic rings. The summed E-state index contributed by atoms with van der Waals surface area (Å²) < 4.78 is 14.7. The van der Waals surface area contributed by atoms with Crippen LogP contribution in [0.15, 0.2) is 17.8 Å². The average Bonchev–Trinajstić information content (AvgIpc) is 2.04. The third-order valence-corrected chi connectivity index (χ3v) is 1.15. The van der Waals surface area contributed by atoms with E-state index in [1.54, 1.807) is 14.2 Å². The third-order valence-electron chi connectivity index (χ3n) is 1.15. The monoisotopic (exact) mass is 141 g/mol. The zero-order valence-electron chi connectivity index (χ0n) is 6.01. The van der Waals surface area contributed by atoms with Gasteiger partial charge in [-0.15, -0.1) is 0 Å². The van der Waals surface area contributed by atoms with Crippen molar-refractivity contribution in [2.75, 3.05) is 20.8 Å². The van der Waals surface area contributed by atoms with Crippen LogP contribution in [0.4, 0.5) is 0 Å². The lowest BCUT2D eigenvalue weighted by molar-refractivity contribution is 0.170. The molecule has 0 saturated heterocycles. The lowest BCUT2D eigenvalue weighted by Crippen LogP contribution is -2.03. The lowest BCUT2D eigenvalue weighted by Gasteiger charge is -2.12. The standard InChI is InChI=1S/C7H9O3/c1-8-6-3-4-10-5-7(6)9-2/h5H,4H2,1-2H3. The van der Waals surface area contributed by atoms with E-state index < -0.39 is 0 Å². The van der Waals surface area contributed by atoms with Gasteiger partial charge in [-0.1, -0.05) is 0 Å². The van der Waals surface area contributed by atoms with Crippen LogP contribution in [0.25, 0.3) is 0 Å². The van der Waals surface area contributed by atoms with E-state index in [0.717, 1.165) is 0 Å². The predicted molar refractivity (Wildman–Crippen MR) is 34.8 cm³/mol. The minimum absolute atomic E-state index is 0.427. The molecule has 0 unspecified atom stereocenters. The van der Waals surface area contributed by atoms with Crippen molar-refractivity contribution in [3.63, 3.8) is 0 Å². The van der Waals surface area contributed by atoms with Gasteiger partial charge in [-0.05, 0) is 0 Å². The van der Waals surface area contributed by atoms with E-state index >= 15 is 0 Å². The Bertz CT molecular complexity index is 150. The first-order valence-corrected chi connectivity index (χ1v) is 2.89. The smallest absolute Gasteiger partial charge is 0.196 e. The summed E-state index contributed by atoms with van der Waals surface area (Å²) in [5.74, 6) is 1.18. The summed E-state index contributed by atoms with van der Waals surface area (Å²) in [6.07, 6.45) is 4.36. The molecular formula is C7H9O3. The molecule has 0 fully saturated rings. The van der Waals surface area contributed by atoms with Crippen molar-refractivity contribution in [2.45, 2.75) is 0 Å². The van der Waals surface area contributed by atoms with Crippen LogP contribution in [0.2, 0.25) is 0 Å². The van der Waals surface area contributed by atoms with E-state index in [1.807, 2.05) is 0 Å². The summed E-state index contributed by atoms with van der Waals surface area (Å²) >= 11 is 0. The SMILES string of the molecule is COC1=[C]COC=C1OC. The van der Waals surface area contributed by atoms with E-state index in [2.05, 4.69) is 6.08 Å². The first-order valence-electron chi connectivity index (χ1n) is 2.89. The Kier molecular flexibility index (Phi) is 2.20. The Labute approximate surface area is 59.9 Å². The minimum Gasteiger partial charge on any atom is -0.492 e. The van der Waals surface area contributed by atoms with Gasteiger partial charge in [-0.2, -0.15) is 0 Å². The Morgan fingerprint density at radius 3 is 2.80 bits per heavy atom. The molecule has 55 valence electrons. The van der Waals surface area contributed by atoms with Crippen molar-refractivity contribution in [2.24, 2.45) is 0 Å². The second kappa shape index (κ2) is 3.15. The number of methoxy groups -OCH3 is 2. The van der Waals surface area contributed by atoms with E-state index in [1.165, 1.54) is 6.26 Å². The Morgan fingerprint density at radius 1 is 1.50 bits per heavy atom. The molecule has 0 atom stereocenters. The molecule has 1 aliphatic heterocycles. The van der Waals surface area contributed by atoms with E-state index in [4.69, 9.17) is 14.2 Å². The fraction of sp³-hybridized carbons (Fsp3) is 0.429. The lowest BCUT2D eigenvalue weighted by atomic mass is 10.3. The van der Waals surface area contributed by atoms with Crippen LogP contribution in [0.5, 0.6) is 0 Å². The fourth-order valence-electron chi connectivity index (χ4n) is 0.679. The van der Waals surface area contributed by atoms with Crippen LogP contribution < -0.4 is 0 Å². The molecule has 1 heterocycles. The highest BCUT2D eigenvalue weighted by Crippen LogP contribution is 2.14. The Morgan fingerprint density at radius 2 is 2.30 bits per heavy atom. The van der Waals surface area contributed by atoms with Gasteiger partial charge in [0.2, 0.25) is 0 Å². The average molecular weight is 141 g/mol. The Balaban J connectivity index is 2.67. The van der Waals surface area contributed by atoms with E-state index in [-0.39, 0.29) is 0 Å². The van der Waals surface area contributed by atoms with Crippen molar-refractivity contribution in [1.29, 1.82) is 0 Å². The van der Waals surface area contributed by atoms with Gasteiger partial charge in [0, 0.05) is 6.08 Å². The van der Waals surface area contributed by atoms with Crippen LogP contribution >= 0.6 is 0 Å². The fourth-order valence-corrected chi connectivity index (χ4v) is 0.679. The summed E-state index contributed by atoms with van der Waals surface area (Å²) in [6, 6.07) is 0. The zero-order chi connectivity index (χ0) is 7.40. The molecule has 0 aromatic heterocycles. The molecule has 0 saturated carbocycles. The maximum absolute atomic E-state index is 4.93. The second-order valence-electron chi connectivity index (χ2n) is 1.71. The first-order chi connectivity index (χ1) is 4.88. The highest BCUT2D eigenvalue weighted by molar-refractivity contribution is 5.17. The zero-order valence-corrected chi connectivity index (χ0v) is 6.01. The van der Waals surface area contributed by atoms with Gasteiger partial charge in [-0.25, -0.2) is 0 Å². The summed E-state index contributed by atoms with van der Waals surface area (Å²) in [5.41, 5.74) is 0. The van der Waals surface area contributed by atoms with Crippen LogP contribution in [-0.2, 0) is 14.2 Å². The van der Waals surface area contributed by atoms with Crippen LogP contribution in [0, 0.1) is 6.08 Å². The molecule has 0 aromatic rings. The van der Waals surface area contributed by atoms with Crippen LogP contribution in [0.1, 0.15) is 0 Å². The highest BCUT2D eigenvalue weighted by Gasteiger charge is 2.09. The molecule has 0 spiro atoms. The molecule has 0 aliphatic carbocycles. The predicted octanol–water partition coefficient (Wildman–Crippen LogP) is 0.838. The number of hydrogen-bond acceptors (Lipinski definition) is 3. The van der Waals surface area contributed by atoms with Crippen LogP contribution in [0.3, 0.4) is 0 Å². The van der Waals surface area contributed by atoms with Crippen molar-refractivity contribution in [1.82, 2.24) is 0 Å². The van der Waals surface area contributed by atoms with Crippen molar-refractivity contribution >= 4 is 0 Å². The van der Waals surface area contributed by atoms with E-state index in [0.29, 0.717) is 18.1 Å². The van der Waals surface area contributed by atoms with Crippen LogP contribution in [-0.4, -0.2) is 20.8 Å². The first kappa shape index (κ1) is 6.99.